The van der Waals surface area contributed by atoms with E-state index in [1.807, 2.05) is 12.1 Å². The summed E-state index contributed by atoms with van der Waals surface area (Å²) >= 11 is 0. The van der Waals surface area contributed by atoms with Crippen molar-refractivity contribution in [1.82, 2.24) is 14.8 Å². The molecule has 0 spiro atoms. The number of rotatable bonds is 3. The van der Waals surface area contributed by atoms with Crippen LogP contribution < -0.4 is 5.32 Å². The SMILES string of the molecule is O=C1NCCn2c(-c3ccc(CN4CCCC4)cc3)cc3cccc1c32. The molecule has 0 atom stereocenters. The monoisotopic (exact) mass is 345 g/mol. The van der Waals surface area contributed by atoms with E-state index in [4.69, 9.17) is 0 Å². The van der Waals surface area contributed by atoms with Crippen LogP contribution in [0.1, 0.15) is 28.8 Å². The van der Waals surface area contributed by atoms with E-state index in [1.165, 1.54) is 42.8 Å². The van der Waals surface area contributed by atoms with Gasteiger partial charge >= 0.3 is 0 Å². The highest BCUT2D eigenvalue weighted by Crippen LogP contribution is 2.31. The maximum Gasteiger partial charge on any atom is 0.253 e. The number of nitrogens with zero attached hydrogens (tertiary/aromatic N) is 2. The van der Waals surface area contributed by atoms with Gasteiger partial charge in [-0.2, -0.15) is 0 Å². The number of hydrogen-bond acceptors (Lipinski definition) is 2. The van der Waals surface area contributed by atoms with Crippen molar-refractivity contribution in [1.29, 1.82) is 0 Å². The second-order valence-corrected chi connectivity index (χ2v) is 7.36. The molecule has 26 heavy (non-hydrogen) atoms. The van der Waals surface area contributed by atoms with Gasteiger partial charge in [-0.15, -0.1) is 0 Å². The first-order valence-corrected chi connectivity index (χ1v) is 9.52. The van der Waals surface area contributed by atoms with Crippen molar-refractivity contribution in [2.45, 2.75) is 25.9 Å². The molecular weight excluding hydrogens is 322 g/mol. The zero-order chi connectivity index (χ0) is 17.5. The fraction of sp³-hybridized carbons (Fsp3) is 0.318. The van der Waals surface area contributed by atoms with Crippen LogP contribution in [0, 0.1) is 0 Å². The molecule has 0 saturated carbocycles. The van der Waals surface area contributed by atoms with E-state index in [1.54, 1.807) is 0 Å². The normalized spacial score (nSPS) is 17.5. The zero-order valence-corrected chi connectivity index (χ0v) is 14.9. The summed E-state index contributed by atoms with van der Waals surface area (Å²) in [5, 5.41) is 4.14. The Morgan fingerprint density at radius 2 is 1.77 bits per heavy atom. The Labute approximate surface area is 153 Å². The molecule has 132 valence electrons. The number of likely N-dealkylation sites (tertiary alicyclic amines) is 1. The molecule has 1 fully saturated rings. The average molecular weight is 345 g/mol. The largest absolute Gasteiger partial charge is 0.350 e. The fourth-order valence-electron chi connectivity index (χ4n) is 4.34. The lowest BCUT2D eigenvalue weighted by atomic mass is 10.1. The Hall–Kier alpha value is -2.59. The molecule has 0 radical (unpaired) electrons. The Bertz CT molecular complexity index is 965. The first kappa shape index (κ1) is 15.6. The topological polar surface area (TPSA) is 37.3 Å². The molecule has 1 amide bonds. The van der Waals surface area contributed by atoms with Gasteiger partial charge < -0.3 is 9.88 Å². The smallest absolute Gasteiger partial charge is 0.253 e. The van der Waals surface area contributed by atoms with Crippen LogP contribution in [0.15, 0.2) is 48.5 Å². The first-order valence-electron chi connectivity index (χ1n) is 9.52. The van der Waals surface area contributed by atoms with Crippen LogP contribution >= 0.6 is 0 Å². The first-order chi connectivity index (χ1) is 12.8. The van der Waals surface area contributed by atoms with Gasteiger partial charge in [0.25, 0.3) is 5.91 Å². The van der Waals surface area contributed by atoms with Crippen molar-refractivity contribution in [2.75, 3.05) is 19.6 Å². The van der Waals surface area contributed by atoms with Crippen molar-refractivity contribution < 1.29 is 4.79 Å². The Morgan fingerprint density at radius 3 is 2.58 bits per heavy atom. The van der Waals surface area contributed by atoms with Crippen LogP contribution in [0.5, 0.6) is 0 Å². The van der Waals surface area contributed by atoms with Crippen LogP contribution in [0.2, 0.25) is 0 Å². The van der Waals surface area contributed by atoms with Crippen molar-refractivity contribution in [2.24, 2.45) is 0 Å². The van der Waals surface area contributed by atoms with E-state index in [0.717, 1.165) is 29.6 Å². The minimum absolute atomic E-state index is 0.0277. The van der Waals surface area contributed by atoms with E-state index >= 15 is 0 Å². The molecule has 0 unspecified atom stereocenters. The molecule has 5 rings (SSSR count). The number of aromatic nitrogens is 1. The molecular formula is C22H23N3O. The van der Waals surface area contributed by atoms with E-state index in [-0.39, 0.29) is 5.91 Å². The summed E-state index contributed by atoms with van der Waals surface area (Å²) in [7, 11) is 0. The number of hydrogen-bond donors (Lipinski definition) is 1. The van der Waals surface area contributed by atoms with Gasteiger partial charge in [0.2, 0.25) is 0 Å². The molecule has 2 aliphatic heterocycles. The van der Waals surface area contributed by atoms with Gasteiger partial charge in [-0.1, -0.05) is 36.4 Å². The molecule has 0 aliphatic carbocycles. The lowest BCUT2D eigenvalue weighted by Crippen LogP contribution is -2.24. The third-order valence-corrected chi connectivity index (χ3v) is 5.64. The molecule has 1 N–H and O–H groups in total. The van der Waals surface area contributed by atoms with Gasteiger partial charge in [-0.3, -0.25) is 9.69 Å². The highest BCUT2D eigenvalue weighted by Gasteiger charge is 2.20. The number of carbonyl (C=O) groups excluding carboxylic acids is 1. The van der Waals surface area contributed by atoms with Gasteiger partial charge in [-0.05, 0) is 49.2 Å². The lowest BCUT2D eigenvalue weighted by molar-refractivity contribution is 0.0956. The van der Waals surface area contributed by atoms with E-state index in [2.05, 4.69) is 51.2 Å². The maximum absolute atomic E-state index is 12.3. The van der Waals surface area contributed by atoms with Crippen LogP contribution in [-0.2, 0) is 13.1 Å². The van der Waals surface area contributed by atoms with Crippen molar-refractivity contribution >= 4 is 16.8 Å². The number of para-hydroxylation sites is 1. The molecule has 0 bridgehead atoms. The molecule has 3 heterocycles. The number of amides is 1. The van der Waals surface area contributed by atoms with E-state index < -0.39 is 0 Å². The van der Waals surface area contributed by atoms with Gasteiger partial charge in [0.1, 0.15) is 0 Å². The third kappa shape index (κ3) is 2.61. The molecule has 1 saturated heterocycles. The van der Waals surface area contributed by atoms with Crippen LogP contribution in [0.25, 0.3) is 22.2 Å². The Morgan fingerprint density at radius 1 is 0.962 bits per heavy atom. The quantitative estimate of drug-likeness (QED) is 0.787. The number of nitrogens with one attached hydrogen (secondary N) is 1. The summed E-state index contributed by atoms with van der Waals surface area (Å²) in [5.41, 5.74) is 5.61. The summed E-state index contributed by atoms with van der Waals surface area (Å²) in [6.07, 6.45) is 2.65. The minimum atomic E-state index is 0.0277. The van der Waals surface area contributed by atoms with Gasteiger partial charge in [0.15, 0.2) is 0 Å². The molecule has 3 aromatic rings. The van der Waals surface area contributed by atoms with Crippen LogP contribution in [-0.4, -0.2) is 35.0 Å². The van der Waals surface area contributed by atoms with Crippen LogP contribution in [0.3, 0.4) is 0 Å². The van der Waals surface area contributed by atoms with Crippen molar-refractivity contribution in [3.05, 3.63) is 59.7 Å². The predicted octanol–water partition coefficient (Wildman–Crippen LogP) is 3.65. The second-order valence-electron chi connectivity index (χ2n) is 7.36. The molecule has 4 nitrogen and oxygen atoms in total. The predicted molar refractivity (Wildman–Crippen MR) is 104 cm³/mol. The highest BCUT2D eigenvalue weighted by molar-refractivity contribution is 6.07. The van der Waals surface area contributed by atoms with Crippen molar-refractivity contribution in [3.8, 4) is 11.3 Å². The average Bonchev–Trinajstić information content (AvgIpc) is 3.26. The Balaban J connectivity index is 1.53. The molecule has 4 heteroatoms. The molecule has 2 aromatic carbocycles. The fourth-order valence-corrected chi connectivity index (χ4v) is 4.34. The minimum Gasteiger partial charge on any atom is -0.350 e. The van der Waals surface area contributed by atoms with E-state index in [0.29, 0.717) is 6.54 Å². The van der Waals surface area contributed by atoms with Crippen LogP contribution in [0.4, 0.5) is 0 Å². The summed E-state index contributed by atoms with van der Waals surface area (Å²) in [4.78, 5) is 14.8. The van der Waals surface area contributed by atoms with E-state index in [9.17, 15) is 4.79 Å². The zero-order valence-electron chi connectivity index (χ0n) is 14.9. The summed E-state index contributed by atoms with van der Waals surface area (Å²) < 4.78 is 2.29. The molecule has 1 aromatic heterocycles. The second kappa shape index (κ2) is 6.29. The highest BCUT2D eigenvalue weighted by atomic mass is 16.1. The standard InChI is InChI=1S/C22H23N3O/c26-22-19-5-3-4-18-14-20(25(21(18)19)13-10-23-22)17-8-6-16(7-9-17)15-24-11-1-2-12-24/h3-9,14H,1-2,10-13,15H2,(H,23,26). The summed E-state index contributed by atoms with van der Waals surface area (Å²) in [6.45, 7) is 4.96. The third-order valence-electron chi connectivity index (χ3n) is 5.64. The summed E-state index contributed by atoms with van der Waals surface area (Å²) in [5.74, 6) is 0.0277. The van der Waals surface area contributed by atoms with Crippen molar-refractivity contribution in [3.63, 3.8) is 0 Å². The number of carbonyl (C=O) groups is 1. The Kier molecular flexibility index (Phi) is 3.79. The van der Waals surface area contributed by atoms with Gasteiger partial charge in [0.05, 0.1) is 11.1 Å². The lowest BCUT2D eigenvalue weighted by Gasteiger charge is -2.15. The number of benzene rings is 2. The van der Waals surface area contributed by atoms with Gasteiger partial charge in [0, 0.05) is 30.7 Å². The van der Waals surface area contributed by atoms with Gasteiger partial charge in [-0.25, -0.2) is 0 Å². The molecule has 2 aliphatic rings. The summed E-state index contributed by atoms with van der Waals surface area (Å²) in [6, 6.07) is 17.1. The maximum atomic E-state index is 12.3.